The molecule has 124 valence electrons. The fourth-order valence-electron chi connectivity index (χ4n) is 2.07. The van der Waals surface area contributed by atoms with E-state index in [9.17, 15) is 5.26 Å². The lowest BCUT2D eigenvalue weighted by atomic mass is 10.1. The molecule has 0 aliphatic heterocycles. The zero-order chi connectivity index (χ0) is 17.8. The first kappa shape index (κ1) is 18.2. The van der Waals surface area contributed by atoms with Crippen molar-refractivity contribution in [3.63, 3.8) is 0 Å². The molecule has 6 heteroatoms. The molecule has 2 aromatic carbocycles. The molecule has 3 aromatic rings. The Morgan fingerprint density at radius 3 is 2.24 bits per heavy atom. The summed E-state index contributed by atoms with van der Waals surface area (Å²) in [5, 5.41) is 11.5. The third-order valence-electron chi connectivity index (χ3n) is 3.26. The summed E-state index contributed by atoms with van der Waals surface area (Å²) in [5.41, 5.74) is 1.28. The Labute approximate surface area is 168 Å². The van der Waals surface area contributed by atoms with E-state index in [1.807, 2.05) is 30.3 Å². The fraction of sp³-hybridized carbons (Fsp3) is 0. The number of hydrogen-bond acceptors (Lipinski definition) is 3. The number of nitrogens with zero attached hydrogens (tertiary/aromatic N) is 1. The van der Waals surface area contributed by atoms with Crippen LogP contribution in [0.2, 0.25) is 10.0 Å². The van der Waals surface area contributed by atoms with Crippen LogP contribution in [-0.2, 0) is 0 Å². The number of halogens is 3. The van der Waals surface area contributed by atoms with E-state index in [2.05, 4.69) is 22.0 Å². The summed E-state index contributed by atoms with van der Waals surface area (Å²) in [6, 6.07) is 18.6. The first-order valence-corrected chi connectivity index (χ1v) is 9.52. The Hall–Kier alpha value is -1.64. The van der Waals surface area contributed by atoms with Crippen LogP contribution < -0.4 is 0 Å². The highest BCUT2D eigenvalue weighted by molar-refractivity contribution is 9.10. The van der Waals surface area contributed by atoms with Crippen molar-refractivity contribution in [3.8, 4) is 6.07 Å². The predicted octanol–water partition coefficient (Wildman–Crippen LogP) is 7.56. The second-order valence-electron chi connectivity index (χ2n) is 5.02. The number of nitriles is 1. The SMILES string of the molecule is N#C/C(=C/c1cc(Br)c(Sc2ccc(Cl)cc2)o1)c1ccc(Cl)cc1. The van der Waals surface area contributed by atoms with Crippen LogP contribution in [0, 0.1) is 11.3 Å². The Kier molecular flexibility index (Phi) is 5.93. The number of allylic oxidation sites excluding steroid dienone is 1. The maximum atomic E-state index is 9.43. The lowest BCUT2D eigenvalue weighted by molar-refractivity contribution is 0.463. The molecule has 1 aromatic heterocycles. The van der Waals surface area contributed by atoms with Gasteiger partial charge in [-0.2, -0.15) is 5.26 Å². The largest absolute Gasteiger partial charge is 0.449 e. The first-order chi connectivity index (χ1) is 12.0. The minimum atomic E-state index is 0.501. The van der Waals surface area contributed by atoms with Crippen molar-refractivity contribution >= 4 is 62.5 Å². The van der Waals surface area contributed by atoms with E-state index in [0.29, 0.717) is 26.5 Å². The van der Waals surface area contributed by atoms with Gasteiger partial charge in [-0.1, -0.05) is 47.1 Å². The van der Waals surface area contributed by atoms with E-state index >= 15 is 0 Å². The van der Waals surface area contributed by atoms with Crippen LogP contribution in [0.25, 0.3) is 11.6 Å². The summed E-state index contributed by atoms with van der Waals surface area (Å²) in [4.78, 5) is 1.01. The van der Waals surface area contributed by atoms with E-state index in [4.69, 9.17) is 27.6 Å². The summed E-state index contributed by atoms with van der Waals surface area (Å²) in [7, 11) is 0. The summed E-state index contributed by atoms with van der Waals surface area (Å²) in [6.07, 6.45) is 1.71. The van der Waals surface area contributed by atoms with Gasteiger partial charge in [0.25, 0.3) is 0 Å². The van der Waals surface area contributed by atoms with Crippen LogP contribution in [0.4, 0.5) is 0 Å². The zero-order valence-electron chi connectivity index (χ0n) is 12.7. The van der Waals surface area contributed by atoms with Crippen LogP contribution in [0.1, 0.15) is 11.3 Å². The molecular formula is C19H10BrCl2NOS. The van der Waals surface area contributed by atoms with Crippen molar-refractivity contribution < 1.29 is 4.42 Å². The van der Waals surface area contributed by atoms with Gasteiger partial charge in [-0.25, -0.2) is 0 Å². The van der Waals surface area contributed by atoms with E-state index < -0.39 is 0 Å². The number of benzene rings is 2. The third kappa shape index (κ3) is 4.71. The second-order valence-corrected chi connectivity index (χ2v) is 7.79. The molecule has 3 rings (SSSR count). The first-order valence-electron chi connectivity index (χ1n) is 7.15. The lowest BCUT2D eigenvalue weighted by Gasteiger charge is -1.99. The normalized spacial score (nSPS) is 11.4. The second kappa shape index (κ2) is 8.16. The Morgan fingerprint density at radius 1 is 1.04 bits per heavy atom. The quantitative estimate of drug-likeness (QED) is 0.384. The van der Waals surface area contributed by atoms with Crippen LogP contribution in [0.15, 0.2) is 73.5 Å². The van der Waals surface area contributed by atoms with Crippen molar-refractivity contribution in [1.29, 1.82) is 5.26 Å². The van der Waals surface area contributed by atoms with Gasteiger partial charge in [-0.3, -0.25) is 0 Å². The average molecular weight is 451 g/mol. The predicted molar refractivity (Wildman–Crippen MR) is 107 cm³/mol. The van der Waals surface area contributed by atoms with Gasteiger partial charge in [-0.05, 0) is 70.0 Å². The molecule has 0 radical (unpaired) electrons. The third-order valence-corrected chi connectivity index (χ3v) is 5.61. The highest BCUT2D eigenvalue weighted by atomic mass is 79.9. The molecule has 0 fully saturated rings. The molecule has 0 aliphatic rings. The number of rotatable bonds is 4. The van der Waals surface area contributed by atoms with Crippen LogP contribution in [0.5, 0.6) is 0 Å². The molecule has 2 nitrogen and oxygen atoms in total. The van der Waals surface area contributed by atoms with Gasteiger partial charge in [0.05, 0.1) is 16.1 Å². The molecule has 0 aliphatic carbocycles. The minimum Gasteiger partial charge on any atom is -0.449 e. The van der Waals surface area contributed by atoms with Crippen molar-refractivity contribution in [2.24, 2.45) is 0 Å². The molecular weight excluding hydrogens is 441 g/mol. The van der Waals surface area contributed by atoms with Gasteiger partial charge in [0, 0.05) is 14.9 Å². The van der Waals surface area contributed by atoms with Gasteiger partial charge < -0.3 is 4.42 Å². The van der Waals surface area contributed by atoms with Crippen LogP contribution in [-0.4, -0.2) is 0 Å². The van der Waals surface area contributed by atoms with Gasteiger partial charge in [0.2, 0.25) is 0 Å². The highest BCUT2D eigenvalue weighted by Crippen LogP contribution is 2.37. The smallest absolute Gasteiger partial charge is 0.179 e. The number of hydrogen-bond donors (Lipinski definition) is 0. The maximum absolute atomic E-state index is 9.43. The fourth-order valence-corrected chi connectivity index (χ4v) is 3.65. The molecule has 25 heavy (non-hydrogen) atoms. The van der Waals surface area contributed by atoms with E-state index in [1.54, 1.807) is 30.3 Å². The summed E-state index contributed by atoms with van der Waals surface area (Å²) < 4.78 is 6.68. The summed E-state index contributed by atoms with van der Waals surface area (Å²) in [5.74, 6) is 0.592. The molecule has 0 saturated carbocycles. The molecule has 0 N–H and O–H groups in total. The molecule has 0 unspecified atom stereocenters. The minimum absolute atomic E-state index is 0.501. The van der Waals surface area contributed by atoms with Gasteiger partial charge in [-0.15, -0.1) is 0 Å². The monoisotopic (exact) mass is 449 g/mol. The molecule has 0 amide bonds. The maximum Gasteiger partial charge on any atom is 0.179 e. The Balaban J connectivity index is 1.87. The van der Waals surface area contributed by atoms with Crippen LogP contribution in [0.3, 0.4) is 0 Å². The number of furan rings is 1. The molecule has 0 spiro atoms. The molecule has 1 heterocycles. The standard InChI is InChI=1S/C19H10BrCl2NOS/c20-18-10-16(9-13(11-23)12-1-3-14(21)4-2-12)24-19(18)25-17-7-5-15(22)6-8-17/h1-10H/b13-9-. The van der Waals surface area contributed by atoms with Gasteiger partial charge in [0.1, 0.15) is 5.76 Å². The van der Waals surface area contributed by atoms with Gasteiger partial charge >= 0.3 is 0 Å². The van der Waals surface area contributed by atoms with Crippen molar-refractivity contribution in [2.75, 3.05) is 0 Å². The molecule has 0 saturated heterocycles. The van der Waals surface area contributed by atoms with E-state index in [0.717, 1.165) is 14.9 Å². The van der Waals surface area contributed by atoms with Gasteiger partial charge in [0.15, 0.2) is 5.09 Å². The zero-order valence-corrected chi connectivity index (χ0v) is 16.6. The summed E-state index contributed by atoms with van der Waals surface area (Å²) in [6.45, 7) is 0. The van der Waals surface area contributed by atoms with Crippen LogP contribution >= 0.6 is 50.9 Å². The van der Waals surface area contributed by atoms with Crippen molar-refractivity contribution in [2.45, 2.75) is 9.99 Å². The molecule has 0 atom stereocenters. The Bertz CT molecular complexity index is 957. The molecule has 0 bridgehead atoms. The Morgan fingerprint density at radius 2 is 1.64 bits per heavy atom. The lowest BCUT2D eigenvalue weighted by Crippen LogP contribution is -1.80. The van der Waals surface area contributed by atoms with E-state index in [-0.39, 0.29) is 0 Å². The van der Waals surface area contributed by atoms with Crippen molar-refractivity contribution in [1.82, 2.24) is 0 Å². The average Bonchev–Trinajstić information content (AvgIpc) is 2.95. The highest BCUT2D eigenvalue weighted by Gasteiger charge is 2.11. The summed E-state index contributed by atoms with van der Waals surface area (Å²) >= 11 is 16.8. The van der Waals surface area contributed by atoms with Crippen molar-refractivity contribution in [3.05, 3.63) is 80.4 Å². The van der Waals surface area contributed by atoms with E-state index in [1.165, 1.54) is 11.8 Å². The topological polar surface area (TPSA) is 36.9 Å².